The average molecular weight is 654 g/mol. The average Bonchev–Trinajstić information content (AvgIpc) is 3.09. The molecule has 0 radical (unpaired) electrons. The highest BCUT2D eigenvalue weighted by Gasteiger charge is 2.23. The van der Waals surface area contributed by atoms with Crippen molar-refractivity contribution in [3.8, 4) is 0 Å². The highest BCUT2D eigenvalue weighted by Crippen LogP contribution is 2.23. The lowest BCUT2D eigenvalue weighted by Gasteiger charge is -2.35. The Kier molecular flexibility index (Phi) is 13.2. The molecule has 0 aliphatic heterocycles. The van der Waals surface area contributed by atoms with Gasteiger partial charge in [0.15, 0.2) is 0 Å². The van der Waals surface area contributed by atoms with E-state index in [-0.39, 0.29) is 17.9 Å². The van der Waals surface area contributed by atoms with Crippen molar-refractivity contribution < 1.29 is 4.79 Å². The van der Waals surface area contributed by atoms with Gasteiger partial charge in [-0.2, -0.15) is 0 Å². The number of hydrogen-bond acceptors (Lipinski definition) is 3. The molecule has 4 heteroatoms. The Morgan fingerprint density at radius 3 is 2.14 bits per heavy atom. The number of carbonyl (C=O) groups excluding carboxylic acids is 1. The number of amides is 1. The van der Waals surface area contributed by atoms with Crippen molar-refractivity contribution in [2.45, 2.75) is 59.9 Å². The van der Waals surface area contributed by atoms with Gasteiger partial charge in [0.25, 0.3) is 5.91 Å². The first-order valence-electron chi connectivity index (χ1n) is 17.5. The van der Waals surface area contributed by atoms with Gasteiger partial charge < -0.3 is 15.1 Å². The van der Waals surface area contributed by atoms with Crippen molar-refractivity contribution in [1.29, 1.82) is 0 Å². The van der Waals surface area contributed by atoms with Crippen molar-refractivity contribution in [3.05, 3.63) is 167 Å². The Morgan fingerprint density at radius 2 is 1.47 bits per heavy atom. The van der Waals surface area contributed by atoms with E-state index in [0.717, 1.165) is 48.5 Å². The smallest absolute Gasteiger partial charge is 0.254 e. The molecular formula is C45H55N3O. The molecule has 0 saturated carbocycles. The van der Waals surface area contributed by atoms with E-state index in [1.807, 2.05) is 31.3 Å². The van der Waals surface area contributed by atoms with Crippen LogP contribution in [0.15, 0.2) is 116 Å². The first-order valence-corrected chi connectivity index (χ1v) is 17.5. The molecule has 4 aromatic carbocycles. The SMILES string of the molecule is C=Cc1ccccc1C(=O)N(C)CCC(=C)N(CCc1ccc(C)cc1C)CC(C)[C@H](Cc1ccccc1)NC(=C)c1ccc(C)cc1C. The Balaban J connectivity index is 1.55. The number of nitrogens with one attached hydrogen (secondary N) is 1. The van der Waals surface area contributed by atoms with Crippen molar-refractivity contribution in [3.63, 3.8) is 0 Å². The maximum atomic E-state index is 13.4. The first kappa shape index (κ1) is 37.0. The number of nitrogens with zero attached hydrogens (tertiary/aromatic N) is 2. The molecule has 0 aliphatic rings. The van der Waals surface area contributed by atoms with Gasteiger partial charge in [-0.25, -0.2) is 0 Å². The Morgan fingerprint density at radius 1 is 0.816 bits per heavy atom. The molecule has 2 atom stereocenters. The largest absolute Gasteiger partial charge is 0.382 e. The van der Waals surface area contributed by atoms with Crippen LogP contribution in [-0.2, 0) is 12.8 Å². The fraction of sp³-hybridized carbons (Fsp3) is 0.311. The van der Waals surface area contributed by atoms with Gasteiger partial charge in [0.05, 0.1) is 0 Å². The van der Waals surface area contributed by atoms with Crippen LogP contribution >= 0.6 is 0 Å². The minimum atomic E-state index is -0.00413. The summed E-state index contributed by atoms with van der Waals surface area (Å²) in [6.07, 6.45) is 4.23. The molecule has 0 saturated heterocycles. The Labute approximate surface area is 295 Å². The van der Waals surface area contributed by atoms with Crippen LogP contribution in [0.25, 0.3) is 11.8 Å². The normalized spacial score (nSPS) is 12.1. The van der Waals surface area contributed by atoms with Crippen molar-refractivity contribution >= 4 is 17.7 Å². The molecule has 0 aliphatic carbocycles. The molecule has 0 aromatic heterocycles. The summed E-state index contributed by atoms with van der Waals surface area (Å²) in [7, 11) is 1.87. The summed E-state index contributed by atoms with van der Waals surface area (Å²) in [5.74, 6) is 0.257. The minimum Gasteiger partial charge on any atom is -0.382 e. The topological polar surface area (TPSA) is 35.6 Å². The third-order valence-corrected chi connectivity index (χ3v) is 9.65. The van der Waals surface area contributed by atoms with E-state index in [2.05, 4.69) is 131 Å². The molecular weight excluding hydrogens is 599 g/mol. The molecule has 0 spiro atoms. The summed E-state index contributed by atoms with van der Waals surface area (Å²) in [5, 5.41) is 3.86. The second-order valence-corrected chi connectivity index (χ2v) is 13.7. The van der Waals surface area contributed by atoms with Crippen LogP contribution < -0.4 is 5.32 Å². The Bertz CT molecular complexity index is 1750. The lowest BCUT2D eigenvalue weighted by molar-refractivity contribution is 0.0793. The number of aryl methyl sites for hydroxylation is 4. The van der Waals surface area contributed by atoms with Gasteiger partial charge in [0.1, 0.15) is 0 Å². The second-order valence-electron chi connectivity index (χ2n) is 13.7. The number of benzene rings is 4. The van der Waals surface area contributed by atoms with E-state index in [1.165, 1.54) is 33.4 Å². The fourth-order valence-corrected chi connectivity index (χ4v) is 6.58. The molecule has 4 nitrogen and oxygen atoms in total. The summed E-state index contributed by atoms with van der Waals surface area (Å²) in [5.41, 5.74) is 12.4. The highest BCUT2D eigenvalue weighted by molar-refractivity contribution is 5.97. The van der Waals surface area contributed by atoms with Gasteiger partial charge in [-0.15, -0.1) is 0 Å². The Hall–Kier alpha value is -4.83. The van der Waals surface area contributed by atoms with Gasteiger partial charge in [0.2, 0.25) is 0 Å². The zero-order valence-electron chi connectivity index (χ0n) is 30.6. The molecule has 0 heterocycles. The molecule has 256 valence electrons. The maximum absolute atomic E-state index is 13.4. The lowest BCUT2D eigenvalue weighted by Crippen LogP contribution is -2.42. The summed E-state index contributed by atoms with van der Waals surface area (Å²) >= 11 is 0. The minimum absolute atomic E-state index is 0.00413. The van der Waals surface area contributed by atoms with Crippen LogP contribution in [0.5, 0.6) is 0 Å². The van der Waals surface area contributed by atoms with Crippen molar-refractivity contribution in [2.24, 2.45) is 5.92 Å². The third kappa shape index (κ3) is 10.3. The summed E-state index contributed by atoms with van der Waals surface area (Å²) in [4.78, 5) is 17.6. The summed E-state index contributed by atoms with van der Waals surface area (Å²) < 4.78 is 0. The number of hydrogen-bond donors (Lipinski definition) is 1. The number of rotatable bonds is 17. The maximum Gasteiger partial charge on any atom is 0.254 e. The molecule has 49 heavy (non-hydrogen) atoms. The van der Waals surface area contributed by atoms with Crippen LogP contribution in [0.4, 0.5) is 0 Å². The molecule has 1 N–H and O–H groups in total. The van der Waals surface area contributed by atoms with Crippen LogP contribution in [0.1, 0.15) is 68.2 Å². The quantitative estimate of drug-likeness (QED) is 0.123. The molecule has 1 unspecified atom stereocenters. The van der Waals surface area contributed by atoms with Gasteiger partial charge >= 0.3 is 0 Å². The lowest BCUT2D eigenvalue weighted by atomic mass is 9.92. The van der Waals surface area contributed by atoms with E-state index < -0.39 is 0 Å². The molecule has 0 fully saturated rings. The zero-order valence-corrected chi connectivity index (χ0v) is 30.6. The highest BCUT2D eigenvalue weighted by atomic mass is 16.2. The van der Waals surface area contributed by atoms with Gasteiger partial charge in [-0.05, 0) is 85.9 Å². The van der Waals surface area contributed by atoms with Crippen LogP contribution in [0, 0.1) is 33.6 Å². The second kappa shape index (κ2) is 17.5. The zero-order chi connectivity index (χ0) is 35.5. The standard InChI is InChI=1S/C45H55N3O/c1-10-40-18-14-15-19-43(40)45(49)47(9)26-24-37(7)48(27-25-41-22-20-32(2)28-34(41)4)31-36(6)44(30-39-16-12-11-13-17-39)46-38(8)42-23-21-33(3)29-35(42)5/h10-23,28-29,36,44,46H,1,7-8,24-27,30-31H2,2-6,9H3/t36?,44-/m0/s1. The van der Waals surface area contributed by atoms with Crippen molar-refractivity contribution in [2.75, 3.05) is 26.7 Å². The monoisotopic (exact) mass is 653 g/mol. The summed E-state index contributed by atoms with van der Waals surface area (Å²) in [6, 6.07) is 31.7. The summed E-state index contributed by atoms with van der Waals surface area (Å²) in [6.45, 7) is 26.2. The molecule has 0 bridgehead atoms. The van der Waals surface area contributed by atoms with Crippen LogP contribution in [0.3, 0.4) is 0 Å². The van der Waals surface area contributed by atoms with Crippen LogP contribution in [0.2, 0.25) is 0 Å². The molecule has 1 amide bonds. The van der Waals surface area contributed by atoms with Crippen LogP contribution in [-0.4, -0.2) is 48.4 Å². The van der Waals surface area contributed by atoms with Crippen molar-refractivity contribution in [1.82, 2.24) is 15.1 Å². The van der Waals surface area contributed by atoms with E-state index in [0.29, 0.717) is 18.5 Å². The van der Waals surface area contributed by atoms with E-state index >= 15 is 0 Å². The van der Waals surface area contributed by atoms with E-state index in [4.69, 9.17) is 0 Å². The third-order valence-electron chi connectivity index (χ3n) is 9.65. The van der Waals surface area contributed by atoms with Gasteiger partial charge in [-0.1, -0.05) is 129 Å². The molecule has 4 aromatic rings. The number of carbonyl (C=O) groups is 1. The van der Waals surface area contributed by atoms with E-state index in [1.54, 1.807) is 11.0 Å². The predicted molar refractivity (Wildman–Crippen MR) is 210 cm³/mol. The molecule has 4 rings (SSSR count). The van der Waals surface area contributed by atoms with E-state index in [9.17, 15) is 4.79 Å². The van der Waals surface area contributed by atoms with Gasteiger partial charge in [-0.3, -0.25) is 4.79 Å². The fourth-order valence-electron chi connectivity index (χ4n) is 6.58. The predicted octanol–water partition coefficient (Wildman–Crippen LogP) is 9.59. The van der Waals surface area contributed by atoms with Gasteiger partial charge in [0, 0.05) is 56.1 Å². The first-order chi connectivity index (χ1) is 23.5.